The van der Waals surface area contributed by atoms with Crippen LogP contribution < -0.4 is 25.8 Å². The number of piperazine rings is 1. The SMILES string of the molecule is NCCc1c[nH]c2ccc(OCC(=O)N3CCN(c4ccc(CNC(=O)[O-])cc4)CC3)cc12. The first-order valence-corrected chi connectivity index (χ1v) is 11.0. The normalized spacial score (nSPS) is 13.8. The number of hydrogen-bond donors (Lipinski definition) is 3. The Bertz CT molecular complexity index is 1100. The van der Waals surface area contributed by atoms with E-state index in [4.69, 9.17) is 10.5 Å². The zero-order valence-electron chi connectivity index (χ0n) is 18.4. The van der Waals surface area contributed by atoms with Crippen LogP contribution in [0.3, 0.4) is 0 Å². The van der Waals surface area contributed by atoms with Crippen LogP contribution in [-0.2, 0) is 17.8 Å². The molecule has 1 saturated heterocycles. The number of carbonyl (C=O) groups excluding carboxylic acids is 2. The molecule has 0 unspecified atom stereocenters. The van der Waals surface area contributed by atoms with Gasteiger partial charge in [0.05, 0.1) is 0 Å². The van der Waals surface area contributed by atoms with E-state index < -0.39 is 6.09 Å². The van der Waals surface area contributed by atoms with Gasteiger partial charge < -0.3 is 40.5 Å². The summed E-state index contributed by atoms with van der Waals surface area (Å²) in [5.74, 6) is 0.635. The van der Waals surface area contributed by atoms with Crippen LogP contribution in [0.2, 0.25) is 0 Å². The third-order valence-corrected chi connectivity index (χ3v) is 5.89. The second-order valence-electron chi connectivity index (χ2n) is 8.02. The fourth-order valence-corrected chi connectivity index (χ4v) is 4.06. The average Bonchev–Trinajstić information content (AvgIpc) is 3.24. The molecular weight excluding hydrogens is 422 g/mol. The maximum atomic E-state index is 12.7. The van der Waals surface area contributed by atoms with Gasteiger partial charge in [0.1, 0.15) is 11.8 Å². The summed E-state index contributed by atoms with van der Waals surface area (Å²) in [5, 5.41) is 13.8. The number of ether oxygens (including phenoxy) is 1. The van der Waals surface area contributed by atoms with E-state index in [1.807, 2.05) is 53.6 Å². The second kappa shape index (κ2) is 10.3. The van der Waals surface area contributed by atoms with Crippen LogP contribution in [0.25, 0.3) is 10.9 Å². The number of hydrogen-bond acceptors (Lipinski definition) is 6. The molecule has 0 spiro atoms. The minimum Gasteiger partial charge on any atom is -0.530 e. The molecule has 33 heavy (non-hydrogen) atoms. The lowest BCUT2D eigenvalue weighted by Crippen LogP contribution is -2.50. The summed E-state index contributed by atoms with van der Waals surface area (Å²) in [7, 11) is 0. The molecule has 9 nitrogen and oxygen atoms in total. The molecule has 2 amide bonds. The van der Waals surface area contributed by atoms with E-state index in [-0.39, 0.29) is 19.1 Å². The topological polar surface area (TPSA) is 127 Å². The Morgan fingerprint density at radius 1 is 1.09 bits per heavy atom. The highest BCUT2D eigenvalue weighted by atomic mass is 16.5. The molecule has 4 N–H and O–H groups in total. The van der Waals surface area contributed by atoms with Crippen molar-refractivity contribution in [1.29, 1.82) is 0 Å². The molecular formula is C24H28N5O4-. The number of nitrogens with one attached hydrogen (secondary N) is 2. The van der Waals surface area contributed by atoms with Gasteiger partial charge in [-0.15, -0.1) is 0 Å². The molecule has 1 aliphatic heterocycles. The lowest BCUT2D eigenvalue weighted by Gasteiger charge is -2.36. The van der Waals surface area contributed by atoms with Gasteiger partial charge >= 0.3 is 0 Å². The Balaban J connectivity index is 1.27. The zero-order valence-corrected chi connectivity index (χ0v) is 18.4. The van der Waals surface area contributed by atoms with Crippen molar-refractivity contribution >= 4 is 28.6 Å². The van der Waals surface area contributed by atoms with Crippen LogP contribution in [0.4, 0.5) is 10.5 Å². The molecule has 0 radical (unpaired) electrons. The number of benzene rings is 2. The largest absolute Gasteiger partial charge is 0.530 e. The molecule has 2 heterocycles. The van der Waals surface area contributed by atoms with Crippen molar-refractivity contribution in [1.82, 2.24) is 15.2 Å². The van der Waals surface area contributed by atoms with Crippen molar-refractivity contribution < 1.29 is 19.4 Å². The second-order valence-corrected chi connectivity index (χ2v) is 8.02. The first-order valence-electron chi connectivity index (χ1n) is 11.0. The summed E-state index contributed by atoms with van der Waals surface area (Å²) in [6, 6.07) is 13.5. The first-order chi connectivity index (χ1) is 16.0. The van der Waals surface area contributed by atoms with Gasteiger partial charge in [0.25, 0.3) is 5.91 Å². The van der Waals surface area contributed by atoms with Crippen LogP contribution in [0.5, 0.6) is 5.75 Å². The molecule has 0 aliphatic carbocycles. The Labute approximate surface area is 192 Å². The fourth-order valence-electron chi connectivity index (χ4n) is 4.06. The monoisotopic (exact) mass is 450 g/mol. The van der Waals surface area contributed by atoms with Gasteiger partial charge in [-0.25, -0.2) is 0 Å². The molecule has 1 aliphatic rings. The Morgan fingerprint density at radius 3 is 2.55 bits per heavy atom. The highest BCUT2D eigenvalue weighted by Crippen LogP contribution is 2.24. The van der Waals surface area contributed by atoms with Crippen LogP contribution >= 0.6 is 0 Å². The summed E-state index contributed by atoms with van der Waals surface area (Å²) in [6.45, 7) is 3.48. The third-order valence-electron chi connectivity index (χ3n) is 5.89. The number of amides is 2. The Hall–Kier alpha value is -3.72. The molecule has 174 valence electrons. The zero-order chi connectivity index (χ0) is 23.2. The molecule has 4 rings (SSSR count). The van der Waals surface area contributed by atoms with Gasteiger partial charge in [-0.1, -0.05) is 12.1 Å². The molecule has 2 aromatic carbocycles. The molecule has 0 atom stereocenters. The molecule has 0 bridgehead atoms. The number of carbonyl (C=O) groups is 2. The predicted octanol–water partition coefficient (Wildman–Crippen LogP) is 0.830. The quantitative estimate of drug-likeness (QED) is 0.467. The predicted molar refractivity (Wildman–Crippen MR) is 124 cm³/mol. The Morgan fingerprint density at radius 2 is 1.85 bits per heavy atom. The molecule has 0 saturated carbocycles. The summed E-state index contributed by atoms with van der Waals surface area (Å²) < 4.78 is 5.79. The van der Waals surface area contributed by atoms with Crippen LogP contribution in [0, 0.1) is 0 Å². The van der Waals surface area contributed by atoms with Crippen molar-refractivity contribution in [2.45, 2.75) is 13.0 Å². The lowest BCUT2D eigenvalue weighted by molar-refractivity contribution is -0.251. The number of nitrogens with two attached hydrogens (primary N) is 1. The van der Waals surface area contributed by atoms with Crippen LogP contribution in [0.1, 0.15) is 11.1 Å². The van der Waals surface area contributed by atoms with Crippen LogP contribution in [-0.4, -0.2) is 61.2 Å². The fraction of sp³-hybridized carbons (Fsp3) is 0.333. The number of nitrogens with zero attached hydrogens (tertiary/aromatic N) is 2. The van der Waals surface area contributed by atoms with Gasteiger partial charge in [-0.3, -0.25) is 4.79 Å². The van der Waals surface area contributed by atoms with Crippen molar-refractivity contribution in [3.05, 3.63) is 59.8 Å². The maximum Gasteiger partial charge on any atom is 0.260 e. The molecule has 1 aromatic heterocycles. The first kappa shape index (κ1) is 22.5. The van der Waals surface area contributed by atoms with Crippen molar-refractivity contribution in [3.63, 3.8) is 0 Å². The number of rotatable bonds is 8. The number of anilines is 1. The average molecular weight is 451 g/mol. The van der Waals surface area contributed by atoms with Gasteiger partial charge in [-0.2, -0.15) is 0 Å². The highest BCUT2D eigenvalue weighted by Gasteiger charge is 2.21. The van der Waals surface area contributed by atoms with Crippen molar-refractivity contribution in [3.8, 4) is 5.75 Å². The summed E-state index contributed by atoms with van der Waals surface area (Å²) >= 11 is 0. The minimum atomic E-state index is -1.29. The van der Waals surface area contributed by atoms with E-state index in [1.165, 1.54) is 0 Å². The van der Waals surface area contributed by atoms with E-state index in [2.05, 4.69) is 15.2 Å². The number of carboxylic acid groups (broad SMARTS) is 1. The van der Waals surface area contributed by atoms with E-state index in [0.29, 0.717) is 25.4 Å². The minimum absolute atomic E-state index is 0.00227. The van der Waals surface area contributed by atoms with E-state index >= 15 is 0 Å². The summed E-state index contributed by atoms with van der Waals surface area (Å²) in [5.41, 5.74) is 9.76. The maximum absolute atomic E-state index is 12.7. The number of H-pyrrole nitrogens is 1. The summed E-state index contributed by atoms with van der Waals surface area (Å²) in [4.78, 5) is 30.4. The van der Waals surface area contributed by atoms with Crippen LogP contribution in [0.15, 0.2) is 48.7 Å². The van der Waals surface area contributed by atoms with E-state index in [1.54, 1.807) is 0 Å². The standard InChI is InChI=1S/C24H29N5O4/c25-8-7-18-15-26-22-6-5-20(13-21(18)22)33-16-23(30)29-11-9-28(10-12-29)19-3-1-17(2-4-19)14-27-24(31)32/h1-6,13,15,26-27H,7-12,14,16,25H2,(H,31,32)/p-1. The Kier molecular flexibility index (Phi) is 6.99. The van der Waals surface area contributed by atoms with Crippen molar-refractivity contribution in [2.24, 2.45) is 5.73 Å². The number of aromatic amines is 1. The third kappa shape index (κ3) is 5.56. The van der Waals surface area contributed by atoms with Crippen molar-refractivity contribution in [2.75, 3.05) is 44.2 Å². The molecule has 1 fully saturated rings. The van der Waals surface area contributed by atoms with Gasteiger partial charge in [-0.05, 0) is 54.4 Å². The molecule has 9 heteroatoms. The molecule has 3 aromatic rings. The summed E-state index contributed by atoms with van der Waals surface area (Å²) in [6.07, 6.45) is 1.46. The smallest absolute Gasteiger partial charge is 0.260 e. The van der Waals surface area contributed by atoms with E-state index in [9.17, 15) is 14.7 Å². The number of aromatic nitrogens is 1. The van der Waals surface area contributed by atoms with Gasteiger partial charge in [0.15, 0.2) is 6.61 Å². The number of fused-ring (bicyclic) bond motifs is 1. The van der Waals surface area contributed by atoms with E-state index in [0.717, 1.165) is 47.2 Å². The lowest BCUT2D eigenvalue weighted by atomic mass is 10.1. The highest BCUT2D eigenvalue weighted by molar-refractivity contribution is 5.85. The van der Waals surface area contributed by atoms with Gasteiger partial charge in [0, 0.05) is 55.5 Å². The van der Waals surface area contributed by atoms with Gasteiger partial charge in [0.2, 0.25) is 0 Å².